The van der Waals surface area contributed by atoms with Gasteiger partial charge in [-0.2, -0.15) is 0 Å². The maximum Gasteiger partial charge on any atom is 0.257 e. The molecule has 0 aliphatic carbocycles. The van der Waals surface area contributed by atoms with Gasteiger partial charge in [0.05, 0.1) is 10.2 Å². The van der Waals surface area contributed by atoms with Gasteiger partial charge in [-0.15, -0.1) is 0 Å². The summed E-state index contributed by atoms with van der Waals surface area (Å²) in [5.41, 5.74) is 2.24. The third-order valence-corrected chi connectivity index (χ3v) is 3.94. The minimum atomic E-state index is -0.184. The third kappa shape index (κ3) is 2.85. The predicted octanol–water partition coefficient (Wildman–Crippen LogP) is 3.29. The number of pyridine rings is 1. The normalized spacial score (nSPS) is 10.6. The van der Waals surface area contributed by atoms with Crippen LogP contribution in [0.1, 0.15) is 16.1 Å². The van der Waals surface area contributed by atoms with Gasteiger partial charge in [-0.1, -0.05) is 23.5 Å². The second-order valence-corrected chi connectivity index (χ2v) is 5.60. The first-order chi connectivity index (χ1) is 10.2. The van der Waals surface area contributed by atoms with Crippen LogP contribution in [-0.4, -0.2) is 22.9 Å². The fourth-order valence-electron chi connectivity index (χ4n) is 2.02. The van der Waals surface area contributed by atoms with Crippen molar-refractivity contribution in [3.63, 3.8) is 0 Å². The average Bonchev–Trinajstić information content (AvgIpc) is 2.88. The number of thiazole rings is 1. The van der Waals surface area contributed by atoms with Gasteiger partial charge < -0.3 is 5.32 Å². The number of para-hydroxylation sites is 1. The maximum absolute atomic E-state index is 12.3. The van der Waals surface area contributed by atoms with Gasteiger partial charge in [0.2, 0.25) is 0 Å². The first-order valence-electron chi connectivity index (χ1n) is 6.49. The molecule has 21 heavy (non-hydrogen) atoms. The van der Waals surface area contributed by atoms with Crippen molar-refractivity contribution in [2.45, 2.75) is 6.92 Å². The Hall–Kier alpha value is -2.47. The first kappa shape index (κ1) is 13.5. The van der Waals surface area contributed by atoms with Crippen molar-refractivity contribution in [3.05, 3.63) is 47.7 Å². The van der Waals surface area contributed by atoms with E-state index in [1.807, 2.05) is 31.2 Å². The Labute approximate surface area is 126 Å². The molecule has 0 spiro atoms. The fourth-order valence-corrected chi connectivity index (χ4v) is 2.88. The van der Waals surface area contributed by atoms with E-state index in [2.05, 4.69) is 20.6 Å². The Kier molecular flexibility index (Phi) is 3.53. The second-order valence-electron chi connectivity index (χ2n) is 4.57. The average molecular weight is 298 g/mol. The minimum absolute atomic E-state index is 0.184. The molecule has 0 saturated heterocycles. The van der Waals surface area contributed by atoms with Crippen molar-refractivity contribution in [3.8, 4) is 0 Å². The number of nitrogens with zero attached hydrogens (tertiary/aromatic N) is 2. The van der Waals surface area contributed by atoms with Crippen LogP contribution in [0.25, 0.3) is 10.2 Å². The lowest BCUT2D eigenvalue weighted by molar-refractivity contribution is 0.102. The van der Waals surface area contributed by atoms with E-state index >= 15 is 0 Å². The number of aromatic nitrogens is 2. The number of carbonyl (C=O) groups is 1. The molecule has 0 bridgehead atoms. The quantitative estimate of drug-likeness (QED) is 0.778. The Morgan fingerprint density at radius 2 is 2.00 bits per heavy atom. The van der Waals surface area contributed by atoms with Crippen LogP contribution in [-0.2, 0) is 0 Å². The molecule has 2 N–H and O–H groups in total. The highest BCUT2D eigenvalue weighted by atomic mass is 32.1. The summed E-state index contributed by atoms with van der Waals surface area (Å²) in [4.78, 5) is 21.0. The van der Waals surface area contributed by atoms with Crippen LogP contribution in [0.15, 0.2) is 36.4 Å². The Bertz CT molecular complexity index is 779. The van der Waals surface area contributed by atoms with Gasteiger partial charge in [0, 0.05) is 18.3 Å². The summed E-state index contributed by atoms with van der Waals surface area (Å²) < 4.78 is 1.05. The lowest BCUT2D eigenvalue weighted by Gasteiger charge is -2.06. The van der Waals surface area contributed by atoms with E-state index in [1.165, 1.54) is 11.3 Å². The molecule has 5 nitrogen and oxygen atoms in total. The van der Waals surface area contributed by atoms with Crippen molar-refractivity contribution in [1.29, 1.82) is 0 Å². The van der Waals surface area contributed by atoms with Crippen molar-refractivity contribution in [1.82, 2.24) is 9.97 Å². The van der Waals surface area contributed by atoms with E-state index in [9.17, 15) is 4.79 Å². The van der Waals surface area contributed by atoms with E-state index < -0.39 is 0 Å². The summed E-state index contributed by atoms with van der Waals surface area (Å²) in [6, 6.07) is 11.3. The molecule has 0 aliphatic heterocycles. The largest absolute Gasteiger partial charge is 0.373 e. The summed E-state index contributed by atoms with van der Waals surface area (Å²) in [6.45, 7) is 1.86. The molecule has 3 rings (SSSR count). The number of rotatable bonds is 3. The van der Waals surface area contributed by atoms with E-state index in [0.29, 0.717) is 16.5 Å². The molecule has 0 atom stereocenters. The number of hydrogen-bond donors (Lipinski definition) is 2. The van der Waals surface area contributed by atoms with Crippen LogP contribution in [0.4, 0.5) is 10.9 Å². The van der Waals surface area contributed by atoms with Crippen molar-refractivity contribution in [2.24, 2.45) is 0 Å². The molecule has 3 aromatic rings. The van der Waals surface area contributed by atoms with E-state index in [-0.39, 0.29) is 5.91 Å². The van der Waals surface area contributed by atoms with Crippen LogP contribution in [0.5, 0.6) is 0 Å². The number of hydrogen-bond acceptors (Lipinski definition) is 5. The van der Waals surface area contributed by atoms with E-state index in [4.69, 9.17) is 0 Å². The minimum Gasteiger partial charge on any atom is -0.373 e. The van der Waals surface area contributed by atoms with Gasteiger partial charge in [-0.3, -0.25) is 10.1 Å². The van der Waals surface area contributed by atoms with Gasteiger partial charge in [-0.05, 0) is 31.2 Å². The second kappa shape index (κ2) is 5.49. The van der Waals surface area contributed by atoms with E-state index in [1.54, 1.807) is 19.2 Å². The van der Waals surface area contributed by atoms with Crippen LogP contribution >= 0.6 is 11.3 Å². The summed E-state index contributed by atoms with van der Waals surface area (Å²) in [6.07, 6.45) is 0. The number of aryl methyl sites for hydroxylation is 1. The number of carbonyl (C=O) groups excluding carboxylic acids is 1. The van der Waals surface area contributed by atoms with Gasteiger partial charge >= 0.3 is 0 Å². The smallest absolute Gasteiger partial charge is 0.257 e. The Morgan fingerprint density at radius 3 is 2.76 bits per heavy atom. The molecule has 2 heterocycles. The lowest BCUT2D eigenvalue weighted by atomic mass is 10.2. The third-order valence-electron chi connectivity index (χ3n) is 2.99. The van der Waals surface area contributed by atoms with E-state index in [0.717, 1.165) is 15.9 Å². The summed E-state index contributed by atoms with van der Waals surface area (Å²) in [5.74, 6) is 0.487. The summed E-state index contributed by atoms with van der Waals surface area (Å²) in [5, 5.41) is 6.38. The zero-order valence-corrected chi connectivity index (χ0v) is 12.5. The Balaban J connectivity index is 1.87. The molecular formula is C15H14N4OS. The van der Waals surface area contributed by atoms with Crippen molar-refractivity contribution in [2.75, 3.05) is 17.7 Å². The van der Waals surface area contributed by atoms with Crippen LogP contribution < -0.4 is 10.6 Å². The lowest BCUT2D eigenvalue weighted by Crippen LogP contribution is -2.12. The van der Waals surface area contributed by atoms with Crippen molar-refractivity contribution < 1.29 is 4.79 Å². The van der Waals surface area contributed by atoms with Gasteiger partial charge in [0.15, 0.2) is 5.13 Å². The molecule has 2 aromatic heterocycles. The maximum atomic E-state index is 12.3. The number of amides is 1. The van der Waals surface area contributed by atoms with Gasteiger partial charge in [0.25, 0.3) is 5.91 Å². The highest BCUT2D eigenvalue weighted by molar-refractivity contribution is 7.22. The SMILES string of the molecule is CNc1cc(C(=O)Nc2nc3ccccc3s2)cc(C)n1. The topological polar surface area (TPSA) is 66.9 Å². The predicted molar refractivity (Wildman–Crippen MR) is 86.1 cm³/mol. The van der Waals surface area contributed by atoms with Gasteiger partial charge in [-0.25, -0.2) is 9.97 Å². The molecule has 6 heteroatoms. The molecule has 1 amide bonds. The highest BCUT2D eigenvalue weighted by Gasteiger charge is 2.11. The molecule has 0 saturated carbocycles. The van der Waals surface area contributed by atoms with Crippen molar-refractivity contribution >= 4 is 38.4 Å². The fraction of sp³-hybridized carbons (Fsp3) is 0.133. The molecular weight excluding hydrogens is 284 g/mol. The standard InChI is InChI=1S/C15H14N4OS/c1-9-7-10(8-13(16-2)17-9)14(20)19-15-18-11-5-3-4-6-12(11)21-15/h3-8H,1-2H3,(H,16,17)(H,18,19,20). The van der Waals surface area contributed by atoms with Crippen LogP contribution in [0.3, 0.4) is 0 Å². The highest BCUT2D eigenvalue weighted by Crippen LogP contribution is 2.25. The monoisotopic (exact) mass is 298 g/mol. The zero-order chi connectivity index (χ0) is 14.8. The van der Waals surface area contributed by atoms with Crippen LogP contribution in [0.2, 0.25) is 0 Å². The molecule has 0 unspecified atom stereocenters. The molecule has 0 fully saturated rings. The van der Waals surface area contributed by atoms with Gasteiger partial charge in [0.1, 0.15) is 5.82 Å². The Morgan fingerprint density at radius 1 is 1.19 bits per heavy atom. The van der Waals surface area contributed by atoms with Crippen LogP contribution in [0, 0.1) is 6.92 Å². The first-order valence-corrected chi connectivity index (χ1v) is 7.31. The molecule has 0 radical (unpaired) electrons. The summed E-state index contributed by atoms with van der Waals surface area (Å²) >= 11 is 1.46. The number of nitrogens with one attached hydrogen (secondary N) is 2. The molecule has 1 aromatic carbocycles. The molecule has 0 aliphatic rings. The summed E-state index contributed by atoms with van der Waals surface area (Å²) in [7, 11) is 1.77. The number of benzene rings is 1. The number of anilines is 2. The molecule has 106 valence electrons. The number of fused-ring (bicyclic) bond motifs is 1. The zero-order valence-electron chi connectivity index (χ0n) is 11.7.